The minimum absolute atomic E-state index is 0.0267. The molecule has 3 aromatic rings. The number of aliphatic hydroxyl groups is 1. The molecule has 0 bridgehead atoms. The molecule has 3 heterocycles. The summed E-state index contributed by atoms with van der Waals surface area (Å²) in [5.74, 6) is -1.05. The highest BCUT2D eigenvalue weighted by atomic mass is 32.2. The van der Waals surface area contributed by atoms with Gasteiger partial charge in [0.15, 0.2) is 10.7 Å². The molecule has 2 aromatic heterocycles. The topological polar surface area (TPSA) is 111 Å². The first-order valence-electron chi connectivity index (χ1n) is 8.63. The van der Waals surface area contributed by atoms with Gasteiger partial charge in [-0.2, -0.15) is 5.10 Å². The Balaban J connectivity index is 2.00. The lowest BCUT2D eigenvalue weighted by atomic mass is 10.1. The number of aromatic nitrogens is 3. The largest absolute Gasteiger partial charge is 0.461 e. The van der Waals surface area contributed by atoms with Gasteiger partial charge in [-0.25, -0.2) is 22.9 Å². The highest BCUT2D eigenvalue weighted by molar-refractivity contribution is 7.90. The summed E-state index contributed by atoms with van der Waals surface area (Å²) >= 11 is 0. The molecule has 0 fully saturated rings. The summed E-state index contributed by atoms with van der Waals surface area (Å²) in [6, 6.07) is 10.2. The average molecular weight is 399 g/mol. The predicted molar refractivity (Wildman–Crippen MR) is 99.6 cm³/mol. The Morgan fingerprint density at radius 3 is 2.68 bits per heavy atom. The van der Waals surface area contributed by atoms with E-state index in [-0.39, 0.29) is 29.7 Å². The second kappa shape index (κ2) is 6.84. The monoisotopic (exact) mass is 399 g/mol. The van der Waals surface area contributed by atoms with Crippen molar-refractivity contribution in [2.24, 2.45) is 0 Å². The first-order valence-corrected chi connectivity index (χ1v) is 10.3. The van der Waals surface area contributed by atoms with Gasteiger partial charge in [0.2, 0.25) is 9.84 Å². The van der Waals surface area contributed by atoms with Gasteiger partial charge >= 0.3 is 5.97 Å². The number of rotatable bonds is 4. The molecule has 1 aliphatic heterocycles. The lowest BCUT2D eigenvalue weighted by Crippen LogP contribution is -2.17. The van der Waals surface area contributed by atoms with E-state index in [1.165, 1.54) is 10.9 Å². The maximum atomic E-state index is 12.7. The molecule has 28 heavy (non-hydrogen) atoms. The van der Waals surface area contributed by atoms with Crippen molar-refractivity contribution in [3.8, 4) is 16.9 Å². The van der Waals surface area contributed by atoms with E-state index in [1.54, 1.807) is 43.3 Å². The summed E-state index contributed by atoms with van der Waals surface area (Å²) in [6.07, 6.45) is 1.42. The number of aliphatic hydroxyl groups excluding tert-OH is 1. The van der Waals surface area contributed by atoms with Crippen LogP contribution in [0.4, 0.5) is 0 Å². The van der Waals surface area contributed by atoms with Crippen molar-refractivity contribution >= 4 is 15.8 Å². The van der Waals surface area contributed by atoms with Crippen molar-refractivity contribution in [3.63, 3.8) is 0 Å². The molecule has 1 aliphatic rings. The number of hydrogen-bond acceptors (Lipinski definition) is 7. The molecule has 0 aliphatic carbocycles. The third kappa shape index (κ3) is 2.88. The van der Waals surface area contributed by atoms with E-state index in [0.29, 0.717) is 22.5 Å². The first kappa shape index (κ1) is 18.3. The van der Waals surface area contributed by atoms with Gasteiger partial charge in [-0.15, -0.1) is 0 Å². The molecule has 9 heteroatoms. The highest BCUT2D eigenvalue weighted by Crippen LogP contribution is 2.39. The fourth-order valence-electron chi connectivity index (χ4n) is 3.23. The highest BCUT2D eigenvalue weighted by Gasteiger charge is 2.37. The van der Waals surface area contributed by atoms with E-state index in [9.17, 15) is 18.3 Å². The third-order valence-corrected chi connectivity index (χ3v) is 6.05. The second-order valence-electron chi connectivity index (χ2n) is 6.25. The number of fused-ring (bicyclic) bond motifs is 3. The molecule has 0 atom stereocenters. The van der Waals surface area contributed by atoms with E-state index < -0.39 is 15.8 Å². The van der Waals surface area contributed by atoms with Crippen LogP contribution in [0.2, 0.25) is 0 Å². The van der Waals surface area contributed by atoms with E-state index in [1.807, 2.05) is 0 Å². The van der Waals surface area contributed by atoms with Crippen LogP contribution in [0.25, 0.3) is 16.9 Å². The molecule has 1 N–H and O–H groups in total. The van der Waals surface area contributed by atoms with Gasteiger partial charge < -0.3 is 9.84 Å². The Bertz CT molecular complexity index is 1170. The molecule has 144 valence electrons. The minimum Gasteiger partial charge on any atom is -0.461 e. The molecule has 4 rings (SSSR count). The van der Waals surface area contributed by atoms with Gasteiger partial charge in [-0.05, 0) is 36.8 Å². The van der Waals surface area contributed by atoms with Gasteiger partial charge in [0.1, 0.15) is 0 Å². The Kier molecular flexibility index (Phi) is 4.48. The van der Waals surface area contributed by atoms with E-state index in [2.05, 4.69) is 10.1 Å². The molecule has 1 aromatic carbocycles. The standard InChI is InChI=1S/C19H17N3O5S/c1-2-27-19(24)16-15-11-28(25,26)18-14(4-3-9-20-18)17(15)22(21-16)13-7-5-12(10-23)6-8-13/h3-9,23H,2,10-11H2,1H3. The number of pyridine rings is 1. The number of sulfone groups is 1. The smallest absolute Gasteiger partial charge is 0.359 e. The number of carbonyl (C=O) groups excluding carboxylic acids is 1. The number of benzene rings is 1. The summed E-state index contributed by atoms with van der Waals surface area (Å²) < 4.78 is 32.0. The van der Waals surface area contributed by atoms with Crippen LogP contribution in [0.1, 0.15) is 28.5 Å². The van der Waals surface area contributed by atoms with Crippen LogP contribution in [0.3, 0.4) is 0 Å². The minimum atomic E-state index is -3.71. The number of hydrogen-bond donors (Lipinski definition) is 1. The second-order valence-corrected chi connectivity index (χ2v) is 8.15. The van der Waals surface area contributed by atoms with Crippen molar-refractivity contribution in [1.82, 2.24) is 14.8 Å². The first-order chi connectivity index (χ1) is 13.5. The van der Waals surface area contributed by atoms with Crippen molar-refractivity contribution in [3.05, 3.63) is 59.4 Å². The average Bonchev–Trinajstić information content (AvgIpc) is 3.07. The van der Waals surface area contributed by atoms with Crippen LogP contribution < -0.4 is 0 Å². The van der Waals surface area contributed by atoms with Crippen LogP contribution in [-0.4, -0.2) is 40.9 Å². The van der Waals surface area contributed by atoms with Gasteiger partial charge in [0, 0.05) is 17.3 Å². The zero-order chi connectivity index (χ0) is 19.9. The molecule has 0 unspecified atom stereocenters. The van der Waals surface area contributed by atoms with Gasteiger partial charge in [-0.1, -0.05) is 12.1 Å². The zero-order valence-electron chi connectivity index (χ0n) is 15.0. The Labute approximate surface area is 161 Å². The van der Waals surface area contributed by atoms with Crippen molar-refractivity contribution in [1.29, 1.82) is 0 Å². The summed E-state index contributed by atoms with van der Waals surface area (Å²) in [7, 11) is -3.71. The maximum Gasteiger partial charge on any atom is 0.359 e. The number of ether oxygens (including phenoxy) is 1. The van der Waals surface area contributed by atoms with Crippen LogP contribution in [0, 0.1) is 0 Å². The van der Waals surface area contributed by atoms with Crippen LogP contribution in [0.15, 0.2) is 47.6 Å². The van der Waals surface area contributed by atoms with Gasteiger partial charge in [0.25, 0.3) is 0 Å². The maximum absolute atomic E-state index is 12.7. The molecular weight excluding hydrogens is 382 g/mol. The summed E-state index contributed by atoms with van der Waals surface area (Å²) in [4.78, 5) is 16.5. The lowest BCUT2D eigenvalue weighted by molar-refractivity contribution is 0.0518. The molecule has 8 nitrogen and oxygen atoms in total. The van der Waals surface area contributed by atoms with Crippen molar-refractivity contribution in [2.45, 2.75) is 24.3 Å². The summed E-state index contributed by atoms with van der Waals surface area (Å²) in [5, 5.41) is 13.6. The summed E-state index contributed by atoms with van der Waals surface area (Å²) in [6.45, 7) is 1.72. The van der Waals surface area contributed by atoms with Gasteiger partial charge in [0.05, 0.1) is 30.3 Å². The van der Waals surface area contributed by atoms with E-state index in [4.69, 9.17) is 4.74 Å². The fourth-order valence-corrected chi connectivity index (χ4v) is 4.75. The van der Waals surface area contributed by atoms with Crippen molar-refractivity contribution in [2.75, 3.05) is 6.61 Å². The third-order valence-electron chi connectivity index (χ3n) is 4.47. The fraction of sp³-hybridized carbons (Fsp3) is 0.211. The van der Waals surface area contributed by atoms with Crippen LogP contribution in [0.5, 0.6) is 0 Å². The van der Waals surface area contributed by atoms with Gasteiger partial charge in [-0.3, -0.25) is 0 Å². The van der Waals surface area contributed by atoms with Crippen LogP contribution in [-0.2, 0) is 26.9 Å². The Hall–Kier alpha value is -3.04. The summed E-state index contributed by atoms with van der Waals surface area (Å²) in [5.41, 5.74) is 2.50. The van der Waals surface area contributed by atoms with Crippen LogP contribution >= 0.6 is 0 Å². The predicted octanol–water partition coefficient (Wildman–Crippen LogP) is 1.89. The Morgan fingerprint density at radius 2 is 2.00 bits per heavy atom. The van der Waals surface area contributed by atoms with E-state index in [0.717, 1.165) is 5.56 Å². The van der Waals surface area contributed by atoms with E-state index >= 15 is 0 Å². The normalized spacial score (nSPS) is 14.2. The molecule has 0 spiro atoms. The lowest BCUT2D eigenvalue weighted by Gasteiger charge is -2.18. The SMILES string of the molecule is CCOC(=O)c1nn(-c2ccc(CO)cc2)c2c1CS(=O)(=O)c1ncccc1-2. The number of esters is 1. The number of carbonyl (C=O) groups is 1. The van der Waals surface area contributed by atoms with Crippen molar-refractivity contribution < 1.29 is 23.1 Å². The quantitative estimate of drug-likeness (QED) is 0.667. The molecule has 0 radical (unpaired) electrons. The molecule has 0 saturated heterocycles. The zero-order valence-corrected chi connectivity index (χ0v) is 15.8. The number of nitrogens with zero attached hydrogens (tertiary/aromatic N) is 3. The molecular formula is C19H17N3O5S. The molecule has 0 amide bonds. The Morgan fingerprint density at radius 1 is 1.25 bits per heavy atom. The molecule has 0 saturated carbocycles.